The lowest BCUT2D eigenvalue weighted by Gasteiger charge is -2.03. The van der Waals surface area contributed by atoms with Crippen LogP contribution in [-0.4, -0.2) is 19.7 Å². The Balaban J connectivity index is 2.27. The van der Waals surface area contributed by atoms with Crippen LogP contribution >= 0.6 is 0 Å². The third kappa shape index (κ3) is 1.45. The van der Waals surface area contributed by atoms with Gasteiger partial charge in [-0.1, -0.05) is 0 Å². The smallest absolute Gasteiger partial charge is 0.0881 e. The highest BCUT2D eigenvalue weighted by Crippen LogP contribution is 2.27. The van der Waals surface area contributed by atoms with E-state index >= 15 is 0 Å². The van der Waals surface area contributed by atoms with Gasteiger partial charge in [0.2, 0.25) is 0 Å². The molecule has 0 fully saturated rings. The molecule has 0 aliphatic heterocycles. The van der Waals surface area contributed by atoms with Gasteiger partial charge in [-0.05, 0) is 26.0 Å². The molecule has 0 bridgehead atoms. The predicted octanol–water partition coefficient (Wildman–Crippen LogP) is 2.58. The van der Waals surface area contributed by atoms with Crippen LogP contribution in [0.1, 0.15) is 11.4 Å². The average molecular weight is 226 g/mol. The lowest BCUT2D eigenvalue weighted by molar-refractivity contribution is 0.968. The third-order valence-corrected chi connectivity index (χ3v) is 3.15. The molecular weight excluding hydrogens is 212 g/mol. The van der Waals surface area contributed by atoms with Crippen molar-refractivity contribution in [1.29, 1.82) is 0 Å². The molecule has 0 radical (unpaired) electrons. The molecule has 86 valence electrons. The van der Waals surface area contributed by atoms with Crippen molar-refractivity contribution in [1.82, 2.24) is 19.7 Å². The summed E-state index contributed by atoms with van der Waals surface area (Å²) in [6, 6.07) is 4.18. The Hall–Kier alpha value is -2.10. The van der Waals surface area contributed by atoms with Crippen molar-refractivity contribution < 1.29 is 0 Å². The first-order valence-electron chi connectivity index (χ1n) is 5.60. The zero-order valence-corrected chi connectivity index (χ0v) is 10.2. The van der Waals surface area contributed by atoms with Gasteiger partial charge in [0, 0.05) is 36.3 Å². The van der Waals surface area contributed by atoms with E-state index in [-0.39, 0.29) is 0 Å². The summed E-state index contributed by atoms with van der Waals surface area (Å²) in [5.41, 5.74) is 6.52. The van der Waals surface area contributed by atoms with E-state index in [1.165, 1.54) is 0 Å². The lowest BCUT2D eigenvalue weighted by Crippen LogP contribution is -1.88. The second-order valence-corrected chi connectivity index (χ2v) is 4.36. The van der Waals surface area contributed by atoms with Crippen molar-refractivity contribution in [3.8, 4) is 11.1 Å². The number of aryl methyl sites for hydroxylation is 3. The minimum Gasteiger partial charge on any atom is -0.349 e. The summed E-state index contributed by atoms with van der Waals surface area (Å²) in [6.45, 7) is 4.04. The summed E-state index contributed by atoms with van der Waals surface area (Å²) in [4.78, 5) is 4.48. The summed E-state index contributed by atoms with van der Waals surface area (Å²) in [5, 5.41) is 7.23. The summed E-state index contributed by atoms with van der Waals surface area (Å²) < 4.78 is 2.08. The molecule has 0 amide bonds. The fourth-order valence-electron chi connectivity index (χ4n) is 2.25. The molecule has 1 N–H and O–H groups in total. The Morgan fingerprint density at radius 1 is 1.29 bits per heavy atom. The van der Waals surface area contributed by atoms with Gasteiger partial charge < -0.3 is 4.57 Å². The van der Waals surface area contributed by atoms with Crippen LogP contribution in [0.4, 0.5) is 0 Å². The molecule has 3 aromatic rings. The number of nitrogens with one attached hydrogen (secondary N) is 1. The van der Waals surface area contributed by atoms with E-state index in [2.05, 4.69) is 25.8 Å². The standard InChI is InChI=1S/C13H14N4/c1-8-13(9(2)16-15-8)10-6-12-11(14-7-10)4-5-17(12)3/h4-7H,1-3H3,(H,15,16). The van der Waals surface area contributed by atoms with Crippen LogP contribution in [0.15, 0.2) is 24.5 Å². The van der Waals surface area contributed by atoms with Crippen molar-refractivity contribution in [2.75, 3.05) is 0 Å². The molecule has 0 spiro atoms. The molecule has 0 saturated carbocycles. The predicted molar refractivity (Wildman–Crippen MR) is 67.8 cm³/mol. The molecule has 0 atom stereocenters. The van der Waals surface area contributed by atoms with Crippen LogP contribution in [0, 0.1) is 13.8 Å². The Morgan fingerprint density at radius 3 is 2.82 bits per heavy atom. The molecular formula is C13H14N4. The number of rotatable bonds is 1. The normalized spacial score (nSPS) is 11.2. The van der Waals surface area contributed by atoms with Crippen LogP contribution in [-0.2, 0) is 7.05 Å². The molecule has 3 aromatic heterocycles. The minimum atomic E-state index is 1.01. The zero-order valence-electron chi connectivity index (χ0n) is 10.2. The molecule has 0 unspecified atom stereocenters. The van der Waals surface area contributed by atoms with E-state index in [0.29, 0.717) is 0 Å². The fourth-order valence-corrected chi connectivity index (χ4v) is 2.25. The maximum Gasteiger partial charge on any atom is 0.0881 e. The van der Waals surface area contributed by atoms with Crippen molar-refractivity contribution >= 4 is 11.0 Å². The number of hydrogen-bond acceptors (Lipinski definition) is 2. The molecule has 3 rings (SSSR count). The van der Waals surface area contributed by atoms with E-state index in [4.69, 9.17) is 0 Å². The highest BCUT2D eigenvalue weighted by Gasteiger charge is 2.10. The number of hydrogen-bond donors (Lipinski definition) is 1. The second-order valence-electron chi connectivity index (χ2n) is 4.36. The third-order valence-electron chi connectivity index (χ3n) is 3.15. The van der Waals surface area contributed by atoms with Crippen LogP contribution in [0.25, 0.3) is 22.2 Å². The summed E-state index contributed by atoms with van der Waals surface area (Å²) in [7, 11) is 2.03. The molecule has 0 aromatic carbocycles. The number of aromatic amines is 1. The number of nitrogens with zero attached hydrogens (tertiary/aromatic N) is 3. The number of H-pyrrole nitrogens is 1. The van der Waals surface area contributed by atoms with Crippen LogP contribution < -0.4 is 0 Å². The number of pyridine rings is 1. The maximum absolute atomic E-state index is 4.48. The lowest BCUT2D eigenvalue weighted by atomic mass is 10.1. The Labute approximate surface area is 99.3 Å². The number of aromatic nitrogens is 4. The van der Waals surface area contributed by atoms with E-state index in [1.54, 1.807) is 0 Å². The van der Waals surface area contributed by atoms with Gasteiger partial charge in [0.15, 0.2) is 0 Å². The van der Waals surface area contributed by atoms with Crippen LogP contribution in [0.3, 0.4) is 0 Å². The quantitative estimate of drug-likeness (QED) is 0.693. The molecule has 0 saturated heterocycles. The zero-order chi connectivity index (χ0) is 12.0. The van der Waals surface area contributed by atoms with E-state index in [1.807, 2.05) is 39.4 Å². The van der Waals surface area contributed by atoms with Crippen molar-refractivity contribution in [3.05, 3.63) is 35.9 Å². The molecule has 3 heterocycles. The largest absolute Gasteiger partial charge is 0.349 e. The molecule has 4 nitrogen and oxygen atoms in total. The highest BCUT2D eigenvalue weighted by atomic mass is 15.1. The first-order valence-corrected chi connectivity index (χ1v) is 5.60. The summed E-state index contributed by atoms with van der Waals surface area (Å²) >= 11 is 0. The fraction of sp³-hybridized carbons (Fsp3) is 0.231. The van der Waals surface area contributed by atoms with Gasteiger partial charge in [-0.25, -0.2) is 0 Å². The van der Waals surface area contributed by atoms with E-state index in [0.717, 1.165) is 33.5 Å². The second kappa shape index (κ2) is 3.45. The Kier molecular flexibility index (Phi) is 2.04. The first kappa shape index (κ1) is 10.1. The van der Waals surface area contributed by atoms with Gasteiger partial charge in [0.25, 0.3) is 0 Å². The van der Waals surface area contributed by atoms with Crippen molar-refractivity contribution in [3.63, 3.8) is 0 Å². The molecule has 17 heavy (non-hydrogen) atoms. The van der Waals surface area contributed by atoms with Crippen LogP contribution in [0.2, 0.25) is 0 Å². The van der Waals surface area contributed by atoms with Crippen LogP contribution in [0.5, 0.6) is 0 Å². The van der Waals surface area contributed by atoms with Gasteiger partial charge in [-0.2, -0.15) is 5.10 Å². The SMILES string of the molecule is Cc1n[nH]c(C)c1-c1cnc2ccn(C)c2c1. The molecule has 4 heteroatoms. The Morgan fingerprint density at radius 2 is 2.12 bits per heavy atom. The minimum absolute atomic E-state index is 1.01. The summed E-state index contributed by atoms with van der Waals surface area (Å²) in [6.07, 6.45) is 3.93. The van der Waals surface area contributed by atoms with Gasteiger partial charge >= 0.3 is 0 Å². The maximum atomic E-state index is 4.48. The average Bonchev–Trinajstić information content (AvgIpc) is 2.84. The van der Waals surface area contributed by atoms with Gasteiger partial charge in [-0.3, -0.25) is 10.1 Å². The van der Waals surface area contributed by atoms with E-state index < -0.39 is 0 Å². The van der Waals surface area contributed by atoms with E-state index in [9.17, 15) is 0 Å². The van der Waals surface area contributed by atoms with Crippen molar-refractivity contribution in [2.45, 2.75) is 13.8 Å². The van der Waals surface area contributed by atoms with Crippen molar-refractivity contribution in [2.24, 2.45) is 7.05 Å². The topological polar surface area (TPSA) is 46.5 Å². The van der Waals surface area contributed by atoms with Gasteiger partial charge in [0.1, 0.15) is 0 Å². The summed E-state index contributed by atoms with van der Waals surface area (Å²) in [5.74, 6) is 0. The number of fused-ring (bicyclic) bond motifs is 1. The van der Waals surface area contributed by atoms with Gasteiger partial charge in [-0.15, -0.1) is 0 Å². The highest BCUT2D eigenvalue weighted by molar-refractivity contribution is 5.82. The molecule has 0 aliphatic carbocycles. The Bertz CT molecular complexity index is 671. The van der Waals surface area contributed by atoms with Gasteiger partial charge in [0.05, 0.1) is 16.7 Å². The monoisotopic (exact) mass is 226 g/mol. The molecule has 0 aliphatic rings. The first-order chi connectivity index (χ1) is 8.16.